The van der Waals surface area contributed by atoms with Gasteiger partial charge in [-0.05, 0) is 41.7 Å². The Balaban J connectivity index is 1.84. The predicted octanol–water partition coefficient (Wildman–Crippen LogP) is 4.09. The maximum atomic E-state index is 13.1. The van der Waals surface area contributed by atoms with Gasteiger partial charge in [0.1, 0.15) is 6.04 Å². The van der Waals surface area contributed by atoms with E-state index in [4.69, 9.17) is 0 Å². The van der Waals surface area contributed by atoms with E-state index in [9.17, 15) is 14.4 Å². The molecule has 3 rings (SSSR count). The Morgan fingerprint density at radius 2 is 1.55 bits per heavy atom. The maximum Gasteiger partial charge on any atom is 0.253 e. The molecule has 6 heteroatoms. The molecule has 1 heterocycles. The molecule has 0 aliphatic heterocycles. The third-order valence-corrected chi connectivity index (χ3v) is 5.01. The number of nitrogens with one attached hydrogen (secondary N) is 3. The van der Waals surface area contributed by atoms with E-state index in [1.54, 1.807) is 0 Å². The summed E-state index contributed by atoms with van der Waals surface area (Å²) in [6, 6.07) is 16.9. The van der Waals surface area contributed by atoms with Gasteiger partial charge >= 0.3 is 0 Å². The lowest BCUT2D eigenvalue weighted by Crippen LogP contribution is -2.37. The van der Waals surface area contributed by atoms with Gasteiger partial charge in [0, 0.05) is 18.0 Å². The molecule has 0 fully saturated rings. The number of hydrogen-bond acceptors (Lipinski definition) is 3. The third kappa shape index (κ3) is 5.69. The number of carbonyl (C=O) groups is 2. The molecule has 2 aromatic carbocycles. The van der Waals surface area contributed by atoms with E-state index >= 15 is 0 Å². The van der Waals surface area contributed by atoms with E-state index in [2.05, 4.69) is 36.4 Å². The molecular weight excluding hydrogens is 390 g/mol. The fraction of sp³-hybridized carbons (Fsp3) is 0.240. The molecule has 31 heavy (non-hydrogen) atoms. The van der Waals surface area contributed by atoms with Gasteiger partial charge in [-0.1, -0.05) is 62.7 Å². The maximum absolute atomic E-state index is 13.1. The molecule has 0 saturated carbocycles. The van der Waals surface area contributed by atoms with E-state index in [0.717, 1.165) is 11.1 Å². The summed E-state index contributed by atoms with van der Waals surface area (Å²) in [7, 11) is 0. The Morgan fingerprint density at radius 1 is 0.903 bits per heavy atom. The zero-order valence-electron chi connectivity index (χ0n) is 18.2. The normalized spacial score (nSPS) is 12.1. The van der Waals surface area contributed by atoms with Gasteiger partial charge in [-0.2, -0.15) is 0 Å². The van der Waals surface area contributed by atoms with E-state index in [1.165, 1.54) is 18.3 Å². The van der Waals surface area contributed by atoms with Crippen LogP contribution < -0.4 is 16.2 Å². The minimum absolute atomic E-state index is 0.0115. The molecule has 1 unspecified atom stereocenters. The summed E-state index contributed by atoms with van der Waals surface area (Å²) in [6.07, 6.45) is 1.33. The average Bonchev–Trinajstić information content (AvgIpc) is 2.73. The molecule has 0 aliphatic carbocycles. The Morgan fingerprint density at radius 3 is 2.10 bits per heavy atom. The number of aromatic nitrogens is 1. The fourth-order valence-corrected chi connectivity index (χ4v) is 3.09. The third-order valence-electron chi connectivity index (χ3n) is 5.01. The molecule has 0 bridgehead atoms. The number of anilines is 1. The molecule has 6 nitrogen and oxygen atoms in total. The molecule has 0 saturated heterocycles. The van der Waals surface area contributed by atoms with Crippen LogP contribution in [0.1, 0.15) is 53.9 Å². The van der Waals surface area contributed by atoms with Gasteiger partial charge in [0.15, 0.2) is 0 Å². The highest BCUT2D eigenvalue weighted by molar-refractivity contribution is 6.01. The van der Waals surface area contributed by atoms with Crippen molar-refractivity contribution in [3.05, 3.63) is 99.5 Å². The molecule has 0 aliphatic rings. The van der Waals surface area contributed by atoms with Crippen LogP contribution in [0.2, 0.25) is 0 Å². The summed E-state index contributed by atoms with van der Waals surface area (Å²) < 4.78 is 0. The second kappa shape index (κ2) is 9.00. The Hall–Kier alpha value is -3.67. The molecule has 1 atom stereocenters. The van der Waals surface area contributed by atoms with E-state index in [-0.39, 0.29) is 22.4 Å². The molecule has 3 aromatic rings. The molecule has 0 spiro atoms. The topological polar surface area (TPSA) is 91.1 Å². The van der Waals surface area contributed by atoms with Crippen LogP contribution in [0.5, 0.6) is 0 Å². The van der Waals surface area contributed by atoms with E-state index in [0.29, 0.717) is 11.3 Å². The van der Waals surface area contributed by atoms with Crippen LogP contribution in [0.15, 0.2) is 71.7 Å². The second-order valence-electron chi connectivity index (χ2n) is 8.58. The number of hydrogen-bond donors (Lipinski definition) is 3. The van der Waals surface area contributed by atoms with Crippen molar-refractivity contribution in [2.75, 3.05) is 5.32 Å². The van der Waals surface area contributed by atoms with Crippen LogP contribution >= 0.6 is 0 Å². The van der Waals surface area contributed by atoms with Crippen LogP contribution in [-0.4, -0.2) is 16.8 Å². The first kappa shape index (κ1) is 22.0. The predicted molar refractivity (Wildman–Crippen MR) is 122 cm³/mol. The van der Waals surface area contributed by atoms with Gasteiger partial charge in [0.05, 0.1) is 5.56 Å². The second-order valence-corrected chi connectivity index (χ2v) is 8.58. The Labute approximate surface area is 181 Å². The highest BCUT2D eigenvalue weighted by Gasteiger charge is 2.24. The summed E-state index contributed by atoms with van der Waals surface area (Å²) in [5.74, 6) is -0.815. The number of carbonyl (C=O) groups excluding carboxylic acids is 2. The van der Waals surface area contributed by atoms with Crippen molar-refractivity contribution in [2.45, 2.75) is 39.2 Å². The van der Waals surface area contributed by atoms with Crippen molar-refractivity contribution in [3.63, 3.8) is 0 Å². The quantitative estimate of drug-likeness (QED) is 0.584. The SMILES string of the molecule is Cc1ccc(C(NC(=O)c2ccc(=O)[nH]c2)C(=O)Nc2ccc(C(C)(C)C)cc2)cc1. The number of H-pyrrole nitrogens is 1. The van der Waals surface area contributed by atoms with Crippen molar-refractivity contribution in [2.24, 2.45) is 0 Å². The Kier molecular flexibility index (Phi) is 6.39. The highest BCUT2D eigenvalue weighted by atomic mass is 16.2. The minimum atomic E-state index is -0.901. The standard InChI is InChI=1S/C25H27N3O3/c1-16-5-7-17(8-6-16)22(28-23(30)18-9-14-21(29)26-15-18)24(31)27-20-12-10-19(11-13-20)25(2,3)4/h5-15,22H,1-4H3,(H,26,29)(H,27,31)(H,28,30). The number of rotatable bonds is 5. The van der Waals surface area contributed by atoms with Crippen LogP contribution in [-0.2, 0) is 10.2 Å². The zero-order valence-corrected chi connectivity index (χ0v) is 18.2. The molecule has 1 aromatic heterocycles. The lowest BCUT2D eigenvalue weighted by atomic mass is 9.87. The van der Waals surface area contributed by atoms with Gasteiger partial charge < -0.3 is 15.6 Å². The van der Waals surface area contributed by atoms with Crippen molar-refractivity contribution >= 4 is 17.5 Å². The largest absolute Gasteiger partial charge is 0.336 e. The monoisotopic (exact) mass is 417 g/mol. The first-order valence-electron chi connectivity index (χ1n) is 10.1. The highest BCUT2D eigenvalue weighted by Crippen LogP contribution is 2.24. The van der Waals surface area contributed by atoms with Crippen LogP contribution in [0.3, 0.4) is 0 Å². The minimum Gasteiger partial charge on any atom is -0.336 e. The van der Waals surface area contributed by atoms with Gasteiger partial charge in [0.2, 0.25) is 5.56 Å². The summed E-state index contributed by atoms with van der Waals surface area (Å²) in [6.45, 7) is 8.33. The number of aryl methyl sites for hydroxylation is 1. The van der Waals surface area contributed by atoms with Crippen molar-refractivity contribution in [1.82, 2.24) is 10.3 Å². The van der Waals surface area contributed by atoms with Crippen LogP contribution in [0.4, 0.5) is 5.69 Å². The number of benzene rings is 2. The molecule has 3 N–H and O–H groups in total. The van der Waals surface area contributed by atoms with Crippen molar-refractivity contribution in [3.8, 4) is 0 Å². The first-order chi connectivity index (χ1) is 14.6. The van der Waals surface area contributed by atoms with E-state index < -0.39 is 11.9 Å². The lowest BCUT2D eigenvalue weighted by Gasteiger charge is -2.21. The molecule has 2 amide bonds. The summed E-state index contributed by atoms with van der Waals surface area (Å²) in [5.41, 5.74) is 3.49. The van der Waals surface area contributed by atoms with Crippen LogP contribution in [0, 0.1) is 6.92 Å². The fourth-order valence-electron chi connectivity index (χ4n) is 3.09. The van der Waals surface area contributed by atoms with Gasteiger partial charge in [-0.25, -0.2) is 0 Å². The number of pyridine rings is 1. The summed E-state index contributed by atoms with van der Waals surface area (Å²) >= 11 is 0. The lowest BCUT2D eigenvalue weighted by molar-refractivity contribution is -0.118. The van der Waals surface area contributed by atoms with Gasteiger partial charge in [0.25, 0.3) is 11.8 Å². The van der Waals surface area contributed by atoms with Gasteiger partial charge in [-0.15, -0.1) is 0 Å². The Bertz CT molecular complexity index is 1100. The number of aromatic amines is 1. The summed E-state index contributed by atoms with van der Waals surface area (Å²) in [4.78, 5) is 39.6. The molecule has 0 radical (unpaired) electrons. The van der Waals surface area contributed by atoms with Gasteiger partial charge in [-0.3, -0.25) is 14.4 Å². The molecule has 160 valence electrons. The summed E-state index contributed by atoms with van der Waals surface area (Å²) in [5, 5.41) is 5.66. The average molecular weight is 418 g/mol. The van der Waals surface area contributed by atoms with Crippen LogP contribution in [0.25, 0.3) is 0 Å². The van der Waals surface area contributed by atoms with Crippen molar-refractivity contribution < 1.29 is 9.59 Å². The van der Waals surface area contributed by atoms with Crippen molar-refractivity contribution in [1.29, 1.82) is 0 Å². The van der Waals surface area contributed by atoms with E-state index in [1.807, 2.05) is 55.5 Å². The zero-order chi connectivity index (χ0) is 22.6. The first-order valence-corrected chi connectivity index (χ1v) is 10.1. The molecular formula is C25H27N3O3. The number of amides is 2. The smallest absolute Gasteiger partial charge is 0.253 e.